The molecule has 0 heterocycles. The summed E-state index contributed by atoms with van der Waals surface area (Å²) >= 11 is 0. The second-order valence-corrected chi connectivity index (χ2v) is 5.43. The molecule has 0 saturated heterocycles. The third-order valence-corrected chi connectivity index (χ3v) is 3.37. The van der Waals surface area contributed by atoms with Gasteiger partial charge in [0.05, 0.1) is 0 Å². The first-order valence-electron chi connectivity index (χ1n) is 5.15. The fourth-order valence-corrected chi connectivity index (χ4v) is 1.82. The van der Waals surface area contributed by atoms with E-state index in [4.69, 9.17) is 0 Å². The minimum absolute atomic E-state index is 0.0791. The molecule has 0 fully saturated rings. The van der Waals surface area contributed by atoms with Crippen molar-refractivity contribution >= 4 is 15.9 Å². The van der Waals surface area contributed by atoms with Gasteiger partial charge in [0.25, 0.3) is 0 Å². The number of halogens is 3. The maximum Gasteiger partial charge on any atom is 0.523 e. The van der Waals surface area contributed by atoms with E-state index in [9.17, 15) is 26.4 Å². The Kier molecular flexibility index (Phi) is 4.36. The Labute approximate surface area is 108 Å². The molecule has 0 amide bonds. The van der Waals surface area contributed by atoms with E-state index in [0.717, 1.165) is 12.5 Å². The summed E-state index contributed by atoms with van der Waals surface area (Å²) in [7, 11) is -5.78. The van der Waals surface area contributed by atoms with E-state index in [2.05, 4.69) is 4.18 Å². The predicted octanol–water partition coefficient (Wildman–Crippen LogP) is 2.43. The van der Waals surface area contributed by atoms with Crippen LogP contribution in [0.15, 0.2) is 24.3 Å². The van der Waals surface area contributed by atoms with Crippen LogP contribution in [0.3, 0.4) is 0 Å². The minimum atomic E-state index is -5.78. The second kappa shape index (κ2) is 5.30. The van der Waals surface area contributed by atoms with E-state index in [0.29, 0.717) is 0 Å². The molecule has 0 bridgehead atoms. The van der Waals surface area contributed by atoms with Crippen molar-refractivity contribution in [2.24, 2.45) is 0 Å². The Morgan fingerprint density at radius 2 is 1.68 bits per heavy atom. The molecule has 19 heavy (non-hydrogen) atoms. The summed E-state index contributed by atoms with van der Waals surface area (Å²) in [5.74, 6) is -0.840. The zero-order chi connectivity index (χ0) is 14.8. The van der Waals surface area contributed by atoms with Crippen molar-refractivity contribution in [2.45, 2.75) is 25.5 Å². The Hall–Kier alpha value is -1.41. The first-order chi connectivity index (χ1) is 8.54. The fourth-order valence-electron chi connectivity index (χ4n) is 1.24. The van der Waals surface area contributed by atoms with Crippen molar-refractivity contribution in [1.29, 1.82) is 0 Å². The molecule has 1 unspecified atom stereocenters. The average Bonchev–Trinajstić information content (AvgIpc) is 2.27. The Balaban J connectivity index is 2.88. The monoisotopic (exact) mass is 296 g/mol. The average molecular weight is 296 g/mol. The first kappa shape index (κ1) is 15.6. The van der Waals surface area contributed by atoms with Crippen molar-refractivity contribution in [3.05, 3.63) is 35.4 Å². The maximum atomic E-state index is 12.1. The molecule has 0 aliphatic rings. The molecule has 0 saturated carbocycles. The lowest BCUT2D eigenvalue weighted by atomic mass is 10.1. The highest BCUT2D eigenvalue weighted by atomic mass is 32.2. The molecule has 0 spiro atoms. The summed E-state index contributed by atoms with van der Waals surface area (Å²) in [5.41, 5.74) is -4.61. The molecule has 0 N–H and O–H groups in total. The van der Waals surface area contributed by atoms with E-state index in [-0.39, 0.29) is 5.56 Å². The largest absolute Gasteiger partial charge is 0.523 e. The van der Waals surface area contributed by atoms with Crippen LogP contribution < -0.4 is 0 Å². The van der Waals surface area contributed by atoms with Crippen LogP contribution >= 0.6 is 0 Å². The van der Waals surface area contributed by atoms with Gasteiger partial charge in [0.2, 0.25) is 0 Å². The lowest BCUT2D eigenvalue weighted by molar-refractivity contribution is -0.0558. The van der Waals surface area contributed by atoms with Gasteiger partial charge in [-0.25, -0.2) is 0 Å². The summed E-state index contributed by atoms with van der Waals surface area (Å²) in [4.78, 5) is 11.7. The van der Waals surface area contributed by atoms with Gasteiger partial charge < -0.3 is 0 Å². The number of Topliss-reactive ketones (excluding diaryl/α,β-unsaturated/α-hetero) is 1. The van der Waals surface area contributed by atoms with Crippen LogP contribution in [-0.2, 0) is 14.3 Å². The Bertz CT molecular complexity index is 561. The normalized spacial score (nSPS) is 14.2. The Morgan fingerprint density at radius 1 is 1.21 bits per heavy atom. The van der Waals surface area contributed by atoms with Crippen LogP contribution in [0.25, 0.3) is 0 Å². The van der Waals surface area contributed by atoms with Crippen LogP contribution in [0.2, 0.25) is 0 Å². The third kappa shape index (κ3) is 3.77. The third-order valence-electron chi connectivity index (χ3n) is 2.26. The number of carbonyl (C=O) groups is 1. The minimum Gasteiger partial charge on any atom is -0.291 e. The van der Waals surface area contributed by atoms with Gasteiger partial charge in [0.15, 0.2) is 5.78 Å². The molecular weight excluding hydrogens is 285 g/mol. The van der Waals surface area contributed by atoms with Crippen LogP contribution in [0.4, 0.5) is 13.2 Å². The predicted molar refractivity (Wildman–Crippen MR) is 61.0 cm³/mol. The van der Waals surface area contributed by atoms with E-state index in [1.807, 2.05) is 0 Å². The van der Waals surface area contributed by atoms with Crippen molar-refractivity contribution in [3.8, 4) is 0 Å². The number of hydrogen-bond acceptors (Lipinski definition) is 4. The summed E-state index contributed by atoms with van der Waals surface area (Å²) in [6.07, 6.45) is -1.74. The molecule has 0 aliphatic carbocycles. The molecule has 106 valence electrons. The van der Waals surface area contributed by atoms with Gasteiger partial charge in [-0.15, -0.1) is 0 Å². The molecule has 1 atom stereocenters. The van der Waals surface area contributed by atoms with E-state index >= 15 is 0 Å². The highest BCUT2D eigenvalue weighted by Crippen LogP contribution is 2.26. The van der Waals surface area contributed by atoms with Crippen LogP contribution in [0.1, 0.15) is 22.8 Å². The number of alkyl halides is 3. The molecule has 1 rings (SSSR count). The number of hydrogen-bond donors (Lipinski definition) is 0. The van der Waals surface area contributed by atoms with E-state index in [1.165, 1.54) is 12.1 Å². The van der Waals surface area contributed by atoms with Crippen LogP contribution in [0, 0.1) is 6.92 Å². The molecule has 1 aromatic rings. The molecule has 0 aromatic heterocycles. The number of carbonyl (C=O) groups excluding carboxylic acids is 1. The first-order valence-corrected chi connectivity index (χ1v) is 6.56. The summed E-state index contributed by atoms with van der Waals surface area (Å²) in [5, 5.41) is 0. The smallest absolute Gasteiger partial charge is 0.291 e. The lowest BCUT2D eigenvalue weighted by Gasteiger charge is -2.13. The van der Waals surface area contributed by atoms with Crippen LogP contribution in [0.5, 0.6) is 0 Å². The molecule has 0 radical (unpaired) electrons. The standard InChI is InChI=1S/C11H11F3O4S/c1-7-3-5-9(6-4-7)10(15)8(2)18-19(16,17)11(12,13)14/h3-6,8H,1-2H3. The van der Waals surface area contributed by atoms with Crippen molar-refractivity contribution in [2.75, 3.05) is 0 Å². The maximum absolute atomic E-state index is 12.1. The van der Waals surface area contributed by atoms with E-state index < -0.39 is 27.5 Å². The fraction of sp³-hybridized carbons (Fsp3) is 0.364. The lowest BCUT2D eigenvalue weighted by Crippen LogP contribution is -2.32. The number of aryl methyl sites for hydroxylation is 1. The SMILES string of the molecule is Cc1ccc(C(=O)C(C)OS(=O)(=O)C(F)(F)F)cc1. The van der Waals surface area contributed by atoms with Gasteiger partial charge in [-0.05, 0) is 13.8 Å². The van der Waals surface area contributed by atoms with Gasteiger partial charge in [0, 0.05) is 5.56 Å². The zero-order valence-electron chi connectivity index (χ0n) is 10.1. The quantitative estimate of drug-likeness (QED) is 0.486. The van der Waals surface area contributed by atoms with Crippen molar-refractivity contribution < 1.29 is 30.6 Å². The Morgan fingerprint density at radius 3 is 2.11 bits per heavy atom. The molecule has 4 nitrogen and oxygen atoms in total. The topological polar surface area (TPSA) is 60.4 Å². The van der Waals surface area contributed by atoms with Gasteiger partial charge in [-0.2, -0.15) is 21.6 Å². The number of benzene rings is 1. The van der Waals surface area contributed by atoms with Gasteiger partial charge in [-0.1, -0.05) is 29.8 Å². The highest BCUT2D eigenvalue weighted by Gasteiger charge is 2.48. The van der Waals surface area contributed by atoms with Gasteiger partial charge in [-0.3, -0.25) is 8.98 Å². The molecular formula is C11H11F3O4S. The molecule has 1 aromatic carbocycles. The van der Waals surface area contributed by atoms with Gasteiger partial charge >= 0.3 is 15.6 Å². The van der Waals surface area contributed by atoms with E-state index in [1.54, 1.807) is 19.1 Å². The summed E-state index contributed by atoms with van der Waals surface area (Å²) in [6.45, 7) is 2.72. The second-order valence-electron chi connectivity index (χ2n) is 3.87. The summed E-state index contributed by atoms with van der Waals surface area (Å²) in [6, 6.07) is 5.94. The molecule has 8 heteroatoms. The van der Waals surface area contributed by atoms with Crippen molar-refractivity contribution in [1.82, 2.24) is 0 Å². The summed E-state index contributed by atoms with van der Waals surface area (Å²) < 4.78 is 61.6. The van der Waals surface area contributed by atoms with Gasteiger partial charge in [0.1, 0.15) is 6.10 Å². The number of ketones is 1. The zero-order valence-corrected chi connectivity index (χ0v) is 10.9. The number of rotatable bonds is 4. The van der Waals surface area contributed by atoms with Crippen LogP contribution in [-0.4, -0.2) is 25.8 Å². The highest BCUT2D eigenvalue weighted by molar-refractivity contribution is 7.87. The van der Waals surface area contributed by atoms with Crippen molar-refractivity contribution in [3.63, 3.8) is 0 Å². The molecule has 0 aliphatic heterocycles.